The molecular weight excluding hydrogens is 295 g/mol. The van der Waals surface area contributed by atoms with Crippen LogP contribution >= 0.6 is 0 Å². The maximum Gasteiger partial charge on any atom is 0.212 e. The van der Waals surface area contributed by atoms with Gasteiger partial charge in [0.05, 0.1) is 12.5 Å². The molecule has 3 heteroatoms. The monoisotopic (exact) mass is 318 g/mol. The van der Waals surface area contributed by atoms with Gasteiger partial charge in [-0.2, -0.15) is 4.57 Å². The number of benzene rings is 2. The average molecular weight is 318 g/mol. The van der Waals surface area contributed by atoms with Gasteiger partial charge in [0.2, 0.25) is 11.2 Å². The Kier molecular flexibility index (Phi) is 4.52. The molecule has 2 aromatic carbocycles. The van der Waals surface area contributed by atoms with Gasteiger partial charge in [-0.1, -0.05) is 12.1 Å². The highest BCUT2D eigenvalue weighted by Crippen LogP contribution is 2.19. The van der Waals surface area contributed by atoms with Crippen LogP contribution < -0.4 is 14.2 Å². The summed E-state index contributed by atoms with van der Waals surface area (Å²) < 4.78 is 7.49. The maximum atomic E-state index is 5.30. The molecule has 0 fully saturated rings. The molecule has 0 spiro atoms. The van der Waals surface area contributed by atoms with E-state index in [1.54, 1.807) is 7.11 Å². The molecule has 0 bridgehead atoms. The number of methoxy groups -OCH3 is 1. The highest BCUT2D eigenvalue weighted by molar-refractivity contribution is 5.79. The second-order valence-corrected chi connectivity index (χ2v) is 6.06. The van der Waals surface area contributed by atoms with Gasteiger partial charge in [-0.05, 0) is 42.0 Å². The Balaban J connectivity index is 1.90. The summed E-state index contributed by atoms with van der Waals surface area (Å²) in [4.78, 5) is 2.10. The molecule has 0 atom stereocenters. The molecule has 0 saturated heterocycles. The summed E-state index contributed by atoms with van der Waals surface area (Å²) in [5.74, 6) is 0.881. The zero-order valence-electron chi connectivity index (χ0n) is 14.7. The summed E-state index contributed by atoms with van der Waals surface area (Å²) in [5.41, 5.74) is 4.73. The quantitative estimate of drug-likeness (QED) is 0.678. The number of fused-ring (bicyclic) bond motifs is 1. The molecule has 3 nitrogen and oxygen atoms in total. The minimum absolute atomic E-state index is 0.881. The average Bonchev–Trinajstić information content (AvgIpc) is 2.61. The van der Waals surface area contributed by atoms with Crippen LogP contribution in [0.15, 0.2) is 54.6 Å². The van der Waals surface area contributed by atoms with Crippen LogP contribution in [-0.2, 0) is 7.05 Å². The zero-order valence-corrected chi connectivity index (χ0v) is 14.7. The number of ether oxygens (including phenoxy) is 1. The number of pyridine rings is 1. The first-order valence-electron chi connectivity index (χ1n) is 8.01. The number of anilines is 1. The normalized spacial score (nSPS) is 11.2. The lowest BCUT2D eigenvalue weighted by atomic mass is 10.1. The Morgan fingerprint density at radius 1 is 0.917 bits per heavy atom. The molecule has 0 amide bonds. The molecule has 0 aliphatic heterocycles. The minimum atomic E-state index is 0.881. The fraction of sp³-hybridized carbons (Fsp3) is 0.190. The van der Waals surface area contributed by atoms with Crippen molar-refractivity contribution < 1.29 is 9.30 Å². The van der Waals surface area contributed by atoms with Crippen LogP contribution in [0.2, 0.25) is 0 Å². The Hall–Kier alpha value is -2.81. The third-order valence-corrected chi connectivity index (χ3v) is 4.27. The van der Waals surface area contributed by atoms with Gasteiger partial charge < -0.3 is 9.64 Å². The van der Waals surface area contributed by atoms with Crippen LogP contribution in [0, 0.1) is 0 Å². The smallest absolute Gasteiger partial charge is 0.212 e. The summed E-state index contributed by atoms with van der Waals surface area (Å²) in [6.45, 7) is 0. The standard InChI is InChI=1S/C21H23N2O/c1-22(2)18-9-5-16(6-10-18)7-11-19-12-8-17-15-20(24-4)13-14-21(17)23(19)3/h5-15H,1-4H3/q+1/i3-1. The van der Waals surface area contributed by atoms with E-state index in [0.29, 0.717) is 0 Å². The molecule has 0 N–H and O–H groups in total. The Morgan fingerprint density at radius 2 is 1.67 bits per heavy atom. The zero-order chi connectivity index (χ0) is 17.1. The topological polar surface area (TPSA) is 16.4 Å². The van der Waals surface area contributed by atoms with Crippen molar-refractivity contribution in [1.82, 2.24) is 0 Å². The van der Waals surface area contributed by atoms with E-state index in [1.165, 1.54) is 22.2 Å². The minimum Gasteiger partial charge on any atom is -0.497 e. The van der Waals surface area contributed by atoms with Crippen molar-refractivity contribution in [2.45, 2.75) is 0 Å². The summed E-state index contributed by atoms with van der Waals surface area (Å²) in [7, 11) is 7.88. The molecule has 24 heavy (non-hydrogen) atoms. The van der Waals surface area contributed by atoms with Gasteiger partial charge in [-0.25, -0.2) is 0 Å². The fourth-order valence-corrected chi connectivity index (χ4v) is 2.76. The molecule has 1 aromatic heterocycles. The van der Waals surface area contributed by atoms with Crippen LogP contribution in [-0.4, -0.2) is 21.2 Å². The number of hydrogen-bond donors (Lipinski definition) is 0. The summed E-state index contributed by atoms with van der Waals surface area (Å²) in [5, 5.41) is 1.17. The van der Waals surface area contributed by atoms with Crippen LogP contribution in [0.3, 0.4) is 0 Å². The van der Waals surface area contributed by atoms with E-state index in [2.05, 4.69) is 91.3 Å². The fourth-order valence-electron chi connectivity index (χ4n) is 2.76. The molecule has 0 aliphatic rings. The van der Waals surface area contributed by atoms with E-state index >= 15 is 0 Å². The van der Waals surface area contributed by atoms with Gasteiger partial charge in [-0.3, -0.25) is 0 Å². The number of nitrogens with zero attached hydrogens (tertiary/aromatic N) is 2. The lowest BCUT2D eigenvalue weighted by Gasteiger charge is -2.11. The van der Waals surface area contributed by atoms with Gasteiger partial charge in [0.25, 0.3) is 0 Å². The highest BCUT2D eigenvalue weighted by Gasteiger charge is 2.10. The molecule has 0 aliphatic carbocycles. The van der Waals surface area contributed by atoms with Crippen LogP contribution in [0.4, 0.5) is 5.69 Å². The molecule has 3 rings (SSSR count). The first-order chi connectivity index (χ1) is 11.6. The first kappa shape index (κ1) is 16.1. The summed E-state index contributed by atoms with van der Waals surface area (Å²) in [6.07, 6.45) is 4.29. The van der Waals surface area contributed by atoms with Gasteiger partial charge in [0, 0.05) is 38.0 Å². The molecule has 122 valence electrons. The molecule has 0 radical (unpaired) electrons. The first-order valence-corrected chi connectivity index (χ1v) is 8.01. The van der Waals surface area contributed by atoms with Crippen LogP contribution in [0.5, 0.6) is 5.75 Å². The van der Waals surface area contributed by atoms with Gasteiger partial charge >= 0.3 is 0 Å². The SMILES string of the molecule is COc1ccc2c(ccc(/C=C/c3ccc(N(C)C)cc3)[n+]2[11CH3])c1. The third-order valence-electron chi connectivity index (χ3n) is 4.27. The Bertz CT molecular complexity index is 880. The van der Waals surface area contributed by atoms with Gasteiger partial charge in [0.15, 0.2) is 0 Å². The lowest BCUT2D eigenvalue weighted by Crippen LogP contribution is -2.32. The third kappa shape index (κ3) is 3.25. The number of hydrogen-bond acceptors (Lipinski definition) is 2. The summed E-state index contributed by atoms with van der Waals surface area (Å²) >= 11 is 0. The predicted molar refractivity (Wildman–Crippen MR) is 101 cm³/mol. The highest BCUT2D eigenvalue weighted by atomic mass is 16.5. The molecule has 0 unspecified atom stereocenters. The summed E-state index contributed by atoms with van der Waals surface area (Å²) in [6, 6.07) is 18.9. The van der Waals surface area contributed by atoms with E-state index in [0.717, 1.165) is 11.4 Å². The molecule has 3 aromatic rings. The predicted octanol–water partition coefficient (Wildman–Crippen LogP) is 3.91. The number of aromatic nitrogens is 1. The lowest BCUT2D eigenvalue weighted by molar-refractivity contribution is -0.646. The van der Waals surface area contributed by atoms with E-state index in [9.17, 15) is 0 Å². The van der Waals surface area contributed by atoms with Gasteiger partial charge in [-0.15, -0.1) is 0 Å². The van der Waals surface area contributed by atoms with Crippen molar-refractivity contribution in [3.05, 3.63) is 65.9 Å². The van der Waals surface area contributed by atoms with E-state index in [4.69, 9.17) is 4.74 Å². The van der Waals surface area contributed by atoms with Crippen molar-refractivity contribution in [1.29, 1.82) is 0 Å². The van der Waals surface area contributed by atoms with Crippen molar-refractivity contribution >= 4 is 28.7 Å². The molecule has 1 heterocycles. The Labute approximate surface area is 143 Å². The van der Waals surface area contributed by atoms with E-state index in [-0.39, 0.29) is 0 Å². The largest absolute Gasteiger partial charge is 0.497 e. The van der Waals surface area contributed by atoms with Crippen molar-refractivity contribution in [3.8, 4) is 5.75 Å². The number of rotatable bonds is 4. The number of aryl methyl sites for hydroxylation is 1. The second kappa shape index (κ2) is 6.75. The van der Waals surface area contributed by atoms with Crippen molar-refractivity contribution in [3.63, 3.8) is 0 Å². The maximum absolute atomic E-state index is 5.30. The van der Waals surface area contributed by atoms with E-state index in [1.807, 2.05) is 6.07 Å². The van der Waals surface area contributed by atoms with Crippen LogP contribution in [0.1, 0.15) is 11.3 Å². The molecule has 0 saturated carbocycles. The van der Waals surface area contributed by atoms with Crippen molar-refractivity contribution in [2.75, 3.05) is 26.1 Å². The molecular formula is C21H23N2O+. The Morgan fingerprint density at radius 3 is 2.33 bits per heavy atom. The van der Waals surface area contributed by atoms with Crippen molar-refractivity contribution in [2.24, 2.45) is 7.05 Å². The second-order valence-electron chi connectivity index (χ2n) is 6.06. The van der Waals surface area contributed by atoms with Gasteiger partial charge in [0.1, 0.15) is 12.8 Å². The van der Waals surface area contributed by atoms with Crippen LogP contribution in [0.25, 0.3) is 23.1 Å². The van der Waals surface area contributed by atoms with E-state index < -0.39 is 0 Å².